The van der Waals surface area contributed by atoms with E-state index in [1.807, 2.05) is 0 Å². The van der Waals surface area contributed by atoms with Crippen LogP contribution in [0.2, 0.25) is 0 Å². The highest BCUT2D eigenvalue weighted by molar-refractivity contribution is 6.05. The molecule has 0 radical (unpaired) electrons. The molecule has 0 aliphatic rings. The minimum atomic E-state index is -0.814. The van der Waals surface area contributed by atoms with Gasteiger partial charge in [0.25, 0.3) is 5.91 Å². The molecule has 0 aromatic heterocycles. The van der Waals surface area contributed by atoms with Gasteiger partial charge in [0, 0.05) is 22.9 Å². The Morgan fingerprint density at radius 3 is 2.58 bits per heavy atom. The third kappa shape index (κ3) is 2.65. The number of nitrogens with one attached hydrogen (secondary N) is 1. The summed E-state index contributed by atoms with van der Waals surface area (Å²) in [6.07, 6.45) is 0. The number of halogens is 1. The van der Waals surface area contributed by atoms with Crippen LogP contribution in [0.5, 0.6) is 11.5 Å². The van der Waals surface area contributed by atoms with Gasteiger partial charge in [-0.1, -0.05) is 6.07 Å². The van der Waals surface area contributed by atoms with Gasteiger partial charge in [0.15, 0.2) is 11.6 Å². The number of phenolic OH excluding ortho intramolecular Hbond substituents is 2. The first kappa shape index (κ1) is 12.9. The first-order valence-electron chi connectivity index (χ1n) is 5.57. The molecule has 0 fully saturated rings. The second-order valence-electron chi connectivity index (χ2n) is 4.07. The van der Waals surface area contributed by atoms with E-state index in [-0.39, 0.29) is 11.4 Å². The number of amides is 1. The number of carbonyl (C=O) groups excluding carboxylic acids is 1. The molecule has 5 heteroatoms. The Hall–Kier alpha value is -2.56. The van der Waals surface area contributed by atoms with Gasteiger partial charge in [-0.2, -0.15) is 0 Å². The van der Waals surface area contributed by atoms with Crippen molar-refractivity contribution in [2.24, 2.45) is 0 Å². The summed E-state index contributed by atoms with van der Waals surface area (Å²) in [5.74, 6) is -1.74. The molecule has 2 aromatic carbocycles. The summed E-state index contributed by atoms with van der Waals surface area (Å²) in [7, 11) is 0. The van der Waals surface area contributed by atoms with Gasteiger partial charge in [0.1, 0.15) is 5.75 Å². The Balaban J connectivity index is 2.26. The lowest BCUT2D eigenvalue weighted by atomic mass is 10.1. The van der Waals surface area contributed by atoms with E-state index in [4.69, 9.17) is 5.11 Å². The molecule has 2 rings (SSSR count). The molecule has 1 amide bonds. The Morgan fingerprint density at radius 1 is 1.16 bits per heavy atom. The van der Waals surface area contributed by atoms with Gasteiger partial charge in [0.2, 0.25) is 0 Å². The summed E-state index contributed by atoms with van der Waals surface area (Å²) in [6, 6.07) is 8.14. The molecule has 0 heterocycles. The van der Waals surface area contributed by atoms with E-state index in [1.54, 1.807) is 19.1 Å². The van der Waals surface area contributed by atoms with E-state index in [0.29, 0.717) is 11.1 Å². The highest BCUT2D eigenvalue weighted by Gasteiger charge is 2.12. The van der Waals surface area contributed by atoms with Gasteiger partial charge in [-0.15, -0.1) is 0 Å². The first-order chi connectivity index (χ1) is 8.99. The zero-order valence-electron chi connectivity index (χ0n) is 10.1. The van der Waals surface area contributed by atoms with Crippen LogP contribution in [0.25, 0.3) is 0 Å². The number of phenols is 2. The second kappa shape index (κ2) is 4.97. The van der Waals surface area contributed by atoms with E-state index in [0.717, 1.165) is 12.1 Å². The molecule has 0 aliphatic carbocycles. The van der Waals surface area contributed by atoms with Gasteiger partial charge in [-0.25, -0.2) is 4.39 Å². The average Bonchev–Trinajstić information content (AvgIpc) is 2.37. The predicted octanol–water partition coefficient (Wildman–Crippen LogP) is 2.80. The van der Waals surface area contributed by atoms with Crippen LogP contribution < -0.4 is 5.32 Å². The van der Waals surface area contributed by atoms with Crippen molar-refractivity contribution in [1.82, 2.24) is 0 Å². The van der Waals surface area contributed by atoms with Gasteiger partial charge in [-0.3, -0.25) is 4.79 Å². The van der Waals surface area contributed by atoms with Crippen LogP contribution in [0.4, 0.5) is 10.1 Å². The van der Waals surface area contributed by atoms with Crippen LogP contribution in [0.15, 0.2) is 36.4 Å². The van der Waals surface area contributed by atoms with Crippen molar-refractivity contribution in [2.75, 3.05) is 5.32 Å². The summed E-state index contributed by atoms with van der Waals surface area (Å²) in [4.78, 5) is 12.0. The molecule has 2 aromatic rings. The normalized spacial score (nSPS) is 10.2. The molecule has 98 valence electrons. The van der Waals surface area contributed by atoms with Crippen molar-refractivity contribution in [1.29, 1.82) is 0 Å². The maximum atomic E-state index is 13.1. The summed E-state index contributed by atoms with van der Waals surface area (Å²) in [6.45, 7) is 1.61. The zero-order chi connectivity index (χ0) is 14.0. The van der Waals surface area contributed by atoms with Crippen molar-refractivity contribution in [3.05, 3.63) is 53.3 Å². The Labute approximate surface area is 109 Å². The number of hydrogen-bond donors (Lipinski definition) is 3. The predicted molar refractivity (Wildman–Crippen MR) is 68.9 cm³/mol. The Kier molecular flexibility index (Phi) is 3.37. The number of anilines is 1. The molecule has 0 unspecified atom stereocenters. The molecule has 0 saturated heterocycles. The average molecular weight is 261 g/mol. The van der Waals surface area contributed by atoms with E-state index in [1.165, 1.54) is 12.1 Å². The summed E-state index contributed by atoms with van der Waals surface area (Å²) >= 11 is 0. The maximum absolute atomic E-state index is 13.1. The van der Waals surface area contributed by atoms with Crippen molar-refractivity contribution in [2.45, 2.75) is 6.92 Å². The SMILES string of the molecule is Cc1c(O)cccc1C(=O)Nc1ccc(O)c(F)c1. The Morgan fingerprint density at radius 2 is 1.89 bits per heavy atom. The van der Waals surface area contributed by atoms with Crippen LogP contribution in [0.3, 0.4) is 0 Å². The quantitative estimate of drug-likeness (QED) is 0.728. The molecule has 4 nitrogen and oxygen atoms in total. The molecule has 0 saturated carbocycles. The summed E-state index contributed by atoms with van der Waals surface area (Å²) in [5, 5.41) is 21.1. The number of benzene rings is 2. The van der Waals surface area contributed by atoms with Crippen LogP contribution >= 0.6 is 0 Å². The molecular formula is C14H12FNO3. The number of hydrogen-bond acceptors (Lipinski definition) is 3. The van der Waals surface area contributed by atoms with Crippen molar-refractivity contribution in [3.8, 4) is 11.5 Å². The molecule has 0 spiro atoms. The van der Waals surface area contributed by atoms with E-state index in [2.05, 4.69) is 5.32 Å². The molecule has 0 bridgehead atoms. The minimum Gasteiger partial charge on any atom is -0.508 e. The van der Waals surface area contributed by atoms with Crippen LogP contribution in [-0.2, 0) is 0 Å². The third-order valence-corrected chi connectivity index (χ3v) is 2.76. The van der Waals surface area contributed by atoms with Gasteiger partial charge < -0.3 is 15.5 Å². The van der Waals surface area contributed by atoms with Crippen molar-refractivity contribution in [3.63, 3.8) is 0 Å². The highest BCUT2D eigenvalue weighted by atomic mass is 19.1. The fraction of sp³-hybridized carbons (Fsp3) is 0.0714. The van der Waals surface area contributed by atoms with E-state index < -0.39 is 17.5 Å². The Bertz CT molecular complexity index is 641. The summed E-state index contributed by atoms with van der Waals surface area (Å²) in [5.41, 5.74) is 0.968. The van der Waals surface area contributed by atoms with Gasteiger partial charge in [0.05, 0.1) is 0 Å². The van der Waals surface area contributed by atoms with Crippen molar-refractivity contribution < 1.29 is 19.4 Å². The lowest BCUT2D eigenvalue weighted by Crippen LogP contribution is -2.13. The number of rotatable bonds is 2. The highest BCUT2D eigenvalue weighted by Crippen LogP contribution is 2.22. The smallest absolute Gasteiger partial charge is 0.256 e. The lowest BCUT2D eigenvalue weighted by Gasteiger charge is -2.09. The third-order valence-electron chi connectivity index (χ3n) is 2.76. The standard InChI is InChI=1S/C14H12FNO3/c1-8-10(3-2-4-12(8)17)14(19)16-9-5-6-13(18)11(15)7-9/h2-7,17-18H,1H3,(H,16,19). The molecule has 19 heavy (non-hydrogen) atoms. The minimum absolute atomic E-state index is 0.0181. The first-order valence-corrected chi connectivity index (χ1v) is 5.57. The monoisotopic (exact) mass is 261 g/mol. The topological polar surface area (TPSA) is 69.6 Å². The maximum Gasteiger partial charge on any atom is 0.256 e. The fourth-order valence-corrected chi connectivity index (χ4v) is 1.65. The molecule has 0 atom stereocenters. The van der Waals surface area contributed by atoms with Crippen LogP contribution in [0, 0.1) is 12.7 Å². The van der Waals surface area contributed by atoms with Crippen LogP contribution in [-0.4, -0.2) is 16.1 Å². The molecule has 3 N–H and O–H groups in total. The zero-order valence-corrected chi connectivity index (χ0v) is 10.1. The van der Waals surface area contributed by atoms with E-state index in [9.17, 15) is 14.3 Å². The second-order valence-corrected chi connectivity index (χ2v) is 4.07. The largest absolute Gasteiger partial charge is 0.508 e. The molecule has 0 aliphatic heterocycles. The fourth-order valence-electron chi connectivity index (χ4n) is 1.65. The van der Waals surface area contributed by atoms with Gasteiger partial charge >= 0.3 is 0 Å². The summed E-state index contributed by atoms with van der Waals surface area (Å²) < 4.78 is 13.1. The lowest BCUT2D eigenvalue weighted by molar-refractivity contribution is 0.102. The number of aromatic hydroxyl groups is 2. The van der Waals surface area contributed by atoms with Crippen molar-refractivity contribution >= 4 is 11.6 Å². The van der Waals surface area contributed by atoms with E-state index >= 15 is 0 Å². The van der Waals surface area contributed by atoms with Crippen LogP contribution in [0.1, 0.15) is 15.9 Å². The molecular weight excluding hydrogens is 249 g/mol. The number of carbonyl (C=O) groups is 1. The van der Waals surface area contributed by atoms with Gasteiger partial charge in [-0.05, 0) is 31.2 Å².